The molecule has 3 nitrogen and oxygen atoms in total. The molecule has 0 saturated carbocycles. The van der Waals surface area contributed by atoms with Gasteiger partial charge in [-0.05, 0) is 19.4 Å². The van der Waals surface area contributed by atoms with Crippen LogP contribution in [0.1, 0.15) is 12.8 Å². The molecular weight excluding hydrogens is 206 g/mol. The minimum atomic E-state index is 0.738. The van der Waals surface area contributed by atoms with Gasteiger partial charge in [-0.1, -0.05) is 0 Å². The minimum Gasteiger partial charge on any atom is -0.314 e. The number of hydrogen-bond acceptors (Lipinski definition) is 4. The first-order valence-electron chi connectivity index (χ1n) is 6.19. The summed E-state index contributed by atoms with van der Waals surface area (Å²) in [6.45, 7) is 7.33. The van der Waals surface area contributed by atoms with Gasteiger partial charge in [0.1, 0.15) is 0 Å². The monoisotopic (exact) mass is 229 g/mol. The number of hydrogen-bond donors (Lipinski definition) is 2. The van der Waals surface area contributed by atoms with Gasteiger partial charge in [0.05, 0.1) is 0 Å². The zero-order chi connectivity index (χ0) is 10.3. The van der Waals surface area contributed by atoms with Crippen molar-refractivity contribution in [1.29, 1.82) is 0 Å². The number of nitrogens with zero attached hydrogens (tertiary/aromatic N) is 1. The first-order valence-corrected chi connectivity index (χ1v) is 7.35. The van der Waals surface area contributed by atoms with E-state index in [1.807, 2.05) is 0 Å². The van der Waals surface area contributed by atoms with Crippen molar-refractivity contribution in [2.45, 2.75) is 18.9 Å². The van der Waals surface area contributed by atoms with E-state index in [1.165, 1.54) is 50.5 Å². The van der Waals surface area contributed by atoms with E-state index >= 15 is 0 Å². The molecule has 2 heterocycles. The first-order chi connectivity index (χ1) is 7.45. The molecule has 2 rings (SSSR count). The van der Waals surface area contributed by atoms with Crippen LogP contribution in [0.4, 0.5) is 0 Å². The van der Waals surface area contributed by atoms with E-state index in [0.717, 1.165) is 19.1 Å². The van der Waals surface area contributed by atoms with Gasteiger partial charge in [0.25, 0.3) is 0 Å². The van der Waals surface area contributed by atoms with Gasteiger partial charge in [-0.15, -0.1) is 0 Å². The second-order valence-corrected chi connectivity index (χ2v) is 5.68. The Bertz CT molecular complexity index is 165. The van der Waals surface area contributed by atoms with E-state index in [-0.39, 0.29) is 0 Å². The average Bonchev–Trinajstić information content (AvgIpc) is 2.79. The van der Waals surface area contributed by atoms with Gasteiger partial charge in [0.2, 0.25) is 0 Å². The second kappa shape index (κ2) is 6.74. The van der Waals surface area contributed by atoms with E-state index in [1.54, 1.807) is 0 Å². The molecule has 0 aromatic carbocycles. The summed E-state index contributed by atoms with van der Waals surface area (Å²) in [5.74, 6) is 2.65. The lowest BCUT2D eigenvalue weighted by Crippen LogP contribution is -2.40. The van der Waals surface area contributed by atoms with Crippen LogP contribution in [0.25, 0.3) is 0 Å². The molecule has 0 amide bonds. The Morgan fingerprint density at radius 3 is 2.93 bits per heavy atom. The molecule has 2 fully saturated rings. The fraction of sp³-hybridized carbons (Fsp3) is 1.00. The van der Waals surface area contributed by atoms with Crippen LogP contribution in [0.5, 0.6) is 0 Å². The van der Waals surface area contributed by atoms with E-state index < -0.39 is 0 Å². The van der Waals surface area contributed by atoms with Crippen LogP contribution in [0, 0.1) is 0 Å². The Balaban J connectivity index is 1.47. The normalized spacial score (nSPS) is 28.4. The second-order valence-electron chi connectivity index (χ2n) is 4.45. The molecule has 1 unspecified atom stereocenters. The molecule has 2 aliphatic heterocycles. The summed E-state index contributed by atoms with van der Waals surface area (Å²) < 4.78 is 0. The van der Waals surface area contributed by atoms with Gasteiger partial charge in [0, 0.05) is 50.3 Å². The molecular formula is C11H23N3S. The summed E-state index contributed by atoms with van der Waals surface area (Å²) in [5, 5.41) is 7.08. The third-order valence-electron chi connectivity index (χ3n) is 3.26. The van der Waals surface area contributed by atoms with E-state index in [2.05, 4.69) is 27.3 Å². The Morgan fingerprint density at radius 1 is 1.33 bits per heavy atom. The largest absolute Gasteiger partial charge is 0.314 e. The summed E-state index contributed by atoms with van der Waals surface area (Å²) >= 11 is 2.09. The van der Waals surface area contributed by atoms with E-state index in [4.69, 9.17) is 0 Å². The summed E-state index contributed by atoms with van der Waals surface area (Å²) in [6, 6.07) is 0.738. The molecule has 0 aliphatic carbocycles. The Morgan fingerprint density at radius 2 is 2.20 bits per heavy atom. The molecule has 88 valence electrons. The predicted molar refractivity (Wildman–Crippen MR) is 67.7 cm³/mol. The van der Waals surface area contributed by atoms with Crippen molar-refractivity contribution in [2.24, 2.45) is 0 Å². The van der Waals surface area contributed by atoms with Crippen LogP contribution in [0.3, 0.4) is 0 Å². The maximum atomic E-state index is 3.56. The average molecular weight is 229 g/mol. The zero-order valence-corrected chi connectivity index (χ0v) is 10.3. The highest BCUT2D eigenvalue weighted by Crippen LogP contribution is 2.08. The van der Waals surface area contributed by atoms with Crippen molar-refractivity contribution in [3.05, 3.63) is 0 Å². The standard InChI is InChI=1S/C11H23N3S/c1-2-11(13-3-1)10-12-4-5-14-6-8-15-9-7-14/h11-13H,1-10H2. The van der Waals surface area contributed by atoms with Crippen molar-refractivity contribution >= 4 is 11.8 Å². The summed E-state index contributed by atoms with van der Waals surface area (Å²) in [6.07, 6.45) is 2.71. The number of rotatable bonds is 5. The SMILES string of the molecule is C1CNC(CNCCN2CCSCC2)C1. The summed E-state index contributed by atoms with van der Waals surface area (Å²) in [7, 11) is 0. The van der Waals surface area contributed by atoms with E-state index in [0.29, 0.717) is 0 Å². The predicted octanol–water partition coefficient (Wildman–Crippen LogP) is 0.377. The van der Waals surface area contributed by atoms with Crippen LogP contribution >= 0.6 is 11.8 Å². The molecule has 15 heavy (non-hydrogen) atoms. The molecule has 1 atom stereocenters. The lowest BCUT2D eigenvalue weighted by atomic mass is 10.2. The molecule has 0 aromatic rings. The van der Waals surface area contributed by atoms with Crippen LogP contribution < -0.4 is 10.6 Å². The summed E-state index contributed by atoms with van der Waals surface area (Å²) in [4.78, 5) is 2.57. The lowest BCUT2D eigenvalue weighted by molar-refractivity contribution is 0.299. The zero-order valence-electron chi connectivity index (χ0n) is 9.50. The molecule has 4 heteroatoms. The highest BCUT2D eigenvalue weighted by Gasteiger charge is 2.13. The molecule has 0 aromatic heterocycles. The van der Waals surface area contributed by atoms with Gasteiger partial charge >= 0.3 is 0 Å². The quantitative estimate of drug-likeness (QED) is 0.667. The van der Waals surface area contributed by atoms with Crippen LogP contribution in [0.2, 0.25) is 0 Å². The number of nitrogens with one attached hydrogen (secondary N) is 2. The summed E-state index contributed by atoms with van der Waals surface area (Å²) in [5.41, 5.74) is 0. The molecule has 0 radical (unpaired) electrons. The van der Waals surface area contributed by atoms with Crippen LogP contribution in [-0.2, 0) is 0 Å². The lowest BCUT2D eigenvalue weighted by Gasteiger charge is -2.26. The van der Waals surface area contributed by atoms with Crippen molar-refractivity contribution in [1.82, 2.24) is 15.5 Å². The Hall–Kier alpha value is 0.230. The maximum Gasteiger partial charge on any atom is 0.0192 e. The molecule has 0 spiro atoms. The van der Waals surface area contributed by atoms with Gasteiger partial charge < -0.3 is 15.5 Å². The van der Waals surface area contributed by atoms with Crippen molar-refractivity contribution in [2.75, 3.05) is 50.8 Å². The maximum absolute atomic E-state index is 3.56. The highest BCUT2D eigenvalue weighted by atomic mass is 32.2. The fourth-order valence-electron chi connectivity index (χ4n) is 2.27. The van der Waals surface area contributed by atoms with Gasteiger partial charge in [0.15, 0.2) is 0 Å². The van der Waals surface area contributed by atoms with Crippen LogP contribution in [0.15, 0.2) is 0 Å². The molecule has 2 N–H and O–H groups in total. The van der Waals surface area contributed by atoms with Crippen molar-refractivity contribution < 1.29 is 0 Å². The number of thioether (sulfide) groups is 1. The molecule has 2 aliphatic rings. The fourth-order valence-corrected chi connectivity index (χ4v) is 3.25. The first kappa shape index (κ1) is 11.7. The van der Waals surface area contributed by atoms with Crippen molar-refractivity contribution in [3.63, 3.8) is 0 Å². The Kier molecular flexibility index (Phi) is 5.26. The Labute approximate surface area is 97.4 Å². The van der Waals surface area contributed by atoms with E-state index in [9.17, 15) is 0 Å². The van der Waals surface area contributed by atoms with Gasteiger partial charge in [-0.25, -0.2) is 0 Å². The third kappa shape index (κ3) is 4.31. The van der Waals surface area contributed by atoms with Crippen molar-refractivity contribution in [3.8, 4) is 0 Å². The molecule has 0 bridgehead atoms. The minimum absolute atomic E-state index is 0.738. The smallest absolute Gasteiger partial charge is 0.0192 e. The third-order valence-corrected chi connectivity index (χ3v) is 4.20. The topological polar surface area (TPSA) is 27.3 Å². The molecule has 2 saturated heterocycles. The van der Waals surface area contributed by atoms with Gasteiger partial charge in [-0.3, -0.25) is 0 Å². The highest BCUT2D eigenvalue weighted by molar-refractivity contribution is 7.99. The van der Waals surface area contributed by atoms with Gasteiger partial charge in [-0.2, -0.15) is 11.8 Å². The van der Waals surface area contributed by atoms with Crippen LogP contribution in [-0.4, -0.2) is 61.7 Å².